The summed E-state index contributed by atoms with van der Waals surface area (Å²) in [6.07, 6.45) is 2.94. The highest BCUT2D eigenvalue weighted by Crippen LogP contribution is 2.28. The van der Waals surface area contributed by atoms with Crippen molar-refractivity contribution in [2.75, 3.05) is 26.4 Å². The summed E-state index contributed by atoms with van der Waals surface area (Å²) in [6.45, 7) is 3.13. The lowest BCUT2D eigenvalue weighted by Crippen LogP contribution is -2.40. The first kappa shape index (κ1) is 9.44. The highest BCUT2D eigenvalue weighted by molar-refractivity contribution is 4.80. The number of rotatable bonds is 1. The summed E-state index contributed by atoms with van der Waals surface area (Å²) in [6, 6.07) is 0. The standard InChI is InChI=1S/C10H18O3/c11-10-3-5-13-7-9(10)8-2-1-4-12-6-8/h8-11H,1-7H2. The summed E-state index contributed by atoms with van der Waals surface area (Å²) in [5, 5.41) is 9.79. The lowest BCUT2D eigenvalue weighted by Gasteiger charge is -2.35. The van der Waals surface area contributed by atoms with Gasteiger partial charge in [-0.05, 0) is 25.2 Å². The molecule has 13 heavy (non-hydrogen) atoms. The van der Waals surface area contributed by atoms with Gasteiger partial charge in [-0.2, -0.15) is 0 Å². The highest BCUT2D eigenvalue weighted by atomic mass is 16.5. The normalized spacial score (nSPS) is 41.8. The third kappa shape index (κ3) is 2.22. The molecule has 3 atom stereocenters. The molecule has 0 radical (unpaired) electrons. The topological polar surface area (TPSA) is 38.7 Å². The number of hydrogen-bond acceptors (Lipinski definition) is 3. The van der Waals surface area contributed by atoms with Crippen LogP contribution in [-0.4, -0.2) is 37.6 Å². The van der Waals surface area contributed by atoms with E-state index in [2.05, 4.69) is 0 Å². The first-order valence-corrected chi connectivity index (χ1v) is 5.21. The molecule has 2 heterocycles. The molecule has 0 aromatic heterocycles. The maximum absolute atomic E-state index is 9.79. The van der Waals surface area contributed by atoms with E-state index < -0.39 is 0 Å². The van der Waals surface area contributed by atoms with E-state index in [4.69, 9.17) is 9.47 Å². The maximum Gasteiger partial charge on any atom is 0.0615 e. The van der Waals surface area contributed by atoms with Gasteiger partial charge in [0.05, 0.1) is 12.7 Å². The highest BCUT2D eigenvalue weighted by Gasteiger charge is 2.32. The molecular weight excluding hydrogens is 168 g/mol. The molecule has 0 saturated carbocycles. The van der Waals surface area contributed by atoms with Gasteiger partial charge >= 0.3 is 0 Å². The molecule has 76 valence electrons. The van der Waals surface area contributed by atoms with Gasteiger partial charge in [0.2, 0.25) is 0 Å². The van der Waals surface area contributed by atoms with Crippen molar-refractivity contribution in [3.8, 4) is 0 Å². The van der Waals surface area contributed by atoms with E-state index in [0.29, 0.717) is 18.4 Å². The Morgan fingerprint density at radius 1 is 1.00 bits per heavy atom. The van der Waals surface area contributed by atoms with Crippen LogP contribution in [0.15, 0.2) is 0 Å². The SMILES string of the molecule is OC1CCOCC1C1CCCOC1. The van der Waals surface area contributed by atoms with Crippen molar-refractivity contribution < 1.29 is 14.6 Å². The molecule has 2 saturated heterocycles. The summed E-state index contributed by atoms with van der Waals surface area (Å²) in [7, 11) is 0. The Kier molecular flexibility index (Phi) is 3.19. The van der Waals surface area contributed by atoms with Crippen LogP contribution in [-0.2, 0) is 9.47 Å². The Labute approximate surface area is 79.0 Å². The van der Waals surface area contributed by atoms with Gasteiger partial charge < -0.3 is 14.6 Å². The minimum absolute atomic E-state index is 0.166. The zero-order chi connectivity index (χ0) is 9.10. The smallest absolute Gasteiger partial charge is 0.0615 e. The molecule has 2 fully saturated rings. The van der Waals surface area contributed by atoms with Crippen LogP contribution in [0.1, 0.15) is 19.3 Å². The van der Waals surface area contributed by atoms with E-state index in [-0.39, 0.29) is 6.10 Å². The Balaban J connectivity index is 1.88. The molecule has 3 nitrogen and oxygen atoms in total. The van der Waals surface area contributed by atoms with E-state index in [1.165, 1.54) is 6.42 Å². The first-order chi connectivity index (χ1) is 6.38. The zero-order valence-electron chi connectivity index (χ0n) is 7.95. The molecule has 0 amide bonds. The Hall–Kier alpha value is -0.120. The van der Waals surface area contributed by atoms with Crippen LogP contribution >= 0.6 is 0 Å². The molecule has 2 aliphatic heterocycles. The molecule has 0 aromatic carbocycles. The molecule has 0 aromatic rings. The second-order valence-corrected chi connectivity index (χ2v) is 4.07. The van der Waals surface area contributed by atoms with Gasteiger partial charge in [-0.25, -0.2) is 0 Å². The van der Waals surface area contributed by atoms with Crippen LogP contribution < -0.4 is 0 Å². The van der Waals surface area contributed by atoms with E-state index in [1.807, 2.05) is 0 Å². The molecule has 3 unspecified atom stereocenters. The average molecular weight is 186 g/mol. The van der Waals surface area contributed by atoms with E-state index >= 15 is 0 Å². The monoisotopic (exact) mass is 186 g/mol. The third-order valence-electron chi connectivity index (χ3n) is 3.16. The number of aliphatic hydroxyl groups excluding tert-OH is 1. The van der Waals surface area contributed by atoms with Crippen LogP contribution in [0.3, 0.4) is 0 Å². The minimum atomic E-state index is -0.166. The van der Waals surface area contributed by atoms with Crippen molar-refractivity contribution in [3.05, 3.63) is 0 Å². The van der Waals surface area contributed by atoms with Gasteiger partial charge in [0.25, 0.3) is 0 Å². The van der Waals surface area contributed by atoms with Crippen molar-refractivity contribution >= 4 is 0 Å². The van der Waals surface area contributed by atoms with Gasteiger partial charge in [0.1, 0.15) is 0 Å². The Morgan fingerprint density at radius 2 is 1.85 bits per heavy atom. The summed E-state index contributed by atoms with van der Waals surface area (Å²) in [5.41, 5.74) is 0. The minimum Gasteiger partial charge on any atom is -0.393 e. The molecule has 1 N–H and O–H groups in total. The third-order valence-corrected chi connectivity index (χ3v) is 3.16. The molecular formula is C10H18O3. The van der Waals surface area contributed by atoms with Crippen molar-refractivity contribution in [1.29, 1.82) is 0 Å². The molecule has 3 heteroatoms. The van der Waals surface area contributed by atoms with Crippen LogP contribution in [0.5, 0.6) is 0 Å². The largest absolute Gasteiger partial charge is 0.393 e. The van der Waals surface area contributed by atoms with Crippen LogP contribution in [0.4, 0.5) is 0 Å². The van der Waals surface area contributed by atoms with Gasteiger partial charge in [-0.1, -0.05) is 0 Å². The van der Waals surface area contributed by atoms with Gasteiger partial charge in [0, 0.05) is 25.7 Å². The molecule has 2 rings (SSSR count). The lowest BCUT2D eigenvalue weighted by atomic mass is 9.82. The molecule has 2 aliphatic rings. The van der Waals surface area contributed by atoms with Crippen LogP contribution in [0.25, 0.3) is 0 Å². The van der Waals surface area contributed by atoms with E-state index in [0.717, 1.165) is 32.7 Å². The van der Waals surface area contributed by atoms with Gasteiger partial charge in [0.15, 0.2) is 0 Å². The second kappa shape index (κ2) is 4.40. The summed E-state index contributed by atoms with van der Waals surface area (Å²) >= 11 is 0. The van der Waals surface area contributed by atoms with Crippen LogP contribution in [0.2, 0.25) is 0 Å². The summed E-state index contributed by atoms with van der Waals surface area (Å²) in [5.74, 6) is 0.832. The van der Waals surface area contributed by atoms with Gasteiger partial charge in [-0.3, -0.25) is 0 Å². The zero-order valence-corrected chi connectivity index (χ0v) is 7.95. The predicted molar refractivity (Wildman–Crippen MR) is 48.5 cm³/mol. The second-order valence-electron chi connectivity index (χ2n) is 4.07. The average Bonchev–Trinajstić information content (AvgIpc) is 2.20. The number of hydrogen-bond donors (Lipinski definition) is 1. The van der Waals surface area contributed by atoms with Crippen LogP contribution in [0, 0.1) is 11.8 Å². The molecule has 0 spiro atoms. The summed E-state index contributed by atoms with van der Waals surface area (Å²) in [4.78, 5) is 0. The fraction of sp³-hybridized carbons (Fsp3) is 1.00. The Bertz CT molecular complexity index is 154. The quantitative estimate of drug-likeness (QED) is 0.658. The number of ether oxygens (including phenoxy) is 2. The molecule has 0 aliphatic carbocycles. The van der Waals surface area contributed by atoms with E-state index in [9.17, 15) is 5.11 Å². The fourth-order valence-corrected chi connectivity index (χ4v) is 2.30. The van der Waals surface area contributed by atoms with E-state index in [1.54, 1.807) is 0 Å². The van der Waals surface area contributed by atoms with Gasteiger partial charge in [-0.15, -0.1) is 0 Å². The Morgan fingerprint density at radius 3 is 2.54 bits per heavy atom. The maximum atomic E-state index is 9.79. The molecule has 0 bridgehead atoms. The fourth-order valence-electron chi connectivity index (χ4n) is 2.30. The van der Waals surface area contributed by atoms with Crippen molar-refractivity contribution in [2.45, 2.75) is 25.4 Å². The summed E-state index contributed by atoms with van der Waals surface area (Å²) < 4.78 is 10.8. The number of aliphatic hydroxyl groups is 1. The van der Waals surface area contributed by atoms with Crippen molar-refractivity contribution in [1.82, 2.24) is 0 Å². The first-order valence-electron chi connectivity index (χ1n) is 5.21. The van der Waals surface area contributed by atoms with Crippen molar-refractivity contribution in [3.63, 3.8) is 0 Å². The van der Waals surface area contributed by atoms with Crippen molar-refractivity contribution in [2.24, 2.45) is 11.8 Å². The predicted octanol–water partition coefficient (Wildman–Crippen LogP) is 0.810. The lowest BCUT2D eigenvalue weighted by molar-refractivity contribution is -0.0851.